The first-order chi connectivity index (χ1) is 7.59. The van der Waals surface area contributed by atoms with Crippen molar-refractivity contribution in [2.45, 2.75) is 6.10 Å². The Hall–Kier alpha value is -1.66. The molecular weight excluding hydrogens is 230 g/mol. The Kier molecular flexibility index (Phi) is 4.68. The van der Waals surface area contributed by atoms with Crippen molar-refractivity contribution in [1.82, 2.24) is 5.32 Å². The van der Waals surface area contributed by atoms with E-state index in [0.29, 0.717) is 0 Å². The number of hydrogen-bond acceptors (Lipinski definition) is 4. The van der Waals surface area contributed by atoms with Crippen LogP contribution in [-0.2, 0) is 9.59 Å². The zero-order valence-electron chi connectivity index (χ0n) is 8.29. The number of aliphatic hydroxyl groups is 1. The van der Waals surface area contributed by atoms with Gasteiger partial charge in [0, 0.05) is 11.0 Å². The van der Waals surface area contributed by atoms with Crippen LogP contribution in [0.15, 0.2) is 23.6 Å². The molecule has 16 heavy (non-hydrogen) atoms. The molecule has 6 heteroatoms. The Labute approximate surface area is 96.0 Å². The summed E-state index contributed by atoms with van der Waals surface area (Å²) in [6.07, 6.45) is 1.34. The maximum Gasteiger partial charge on any atom is 0.334 e. The van der Waals surface area contributed by atoms with E-state index in [2.05, 4.69) is 5.32 Å². The number of carbonyl (C=O) groups is 2. The van der Waals surface area contributed by atoms with Gasteiger partial charge in [0.05, 0.1) is 6.54 Å². The highest BCUT2D eigenvalue weighted by Crippen LogP contribution is 2.09. The Morgan fingerprint density at radius 2 is 2.31 bits per heavy atom. The molecule has 0 aliphatic carbocycles. The second kappa shape index (κ2) is 6.04. The van der Waals surface area contributed by atoms with E-state index < -0.39 is 18.0 Å². The second-order valence-corrected chi connectivity index (χ2v) is 3.93. The molecule has 0 bridgehead atoms. The normalized spacial score (nSPS) is 12.6. The van der Waals surface area contributed by atoms with E-state index in [1.54, 1.807) is 6.08 Å². The van der Waals surface area contributed by atoms with Crippen molar-refractivity contribution in [3.8, 4) is 0 Å². The standard InChI is InChI=1S/C10H11NO4S/c12-8(10(14)15)6-11-9(13)4-3-7-2-1-5-16-7/h1-5,8,12H,6H2,(H,11,13)(H,14,15). The summed E-state index contributed by atoms with van der Waals surface area (Å²) in [5.74, 6) is -1.80. The minimum atomic E-state index is -1.57. The van der Waals surface area contributed by atoms with Crippen LogP contribution >= 0.6 is 11.3 Å². The van der Waals surface area contributed by atoms with Gasteiger partial charge in [0.25, 0.3) is 0 Å². The number of carboxylic acid groups (broad SMARTS) is 1. The smallest absolute Gasteiger partial charge is 0.334 e. The van der Waals surface area contributed by atoms with Crippen LogP contribution in [-0.4, -0.2) is 34.7 Å². The molecule has 3 N–H and O–H groups in total. The second-order valence-electron chi connectivity index (χ2n) is 2.95. The molecule has 1 amide bonds. The predicted octanol–water partition coefficient (Wildman–Crippen LogP) is 0.323. The molecule has 1 aromatic heterocycles. The molecule has 0 saturated heterocycles. The molecule has 0 fully saturated rings. The molecule has 0 spiro atoms. The van der Waals surface area contributed by atoms with Crippen molar-refractivity contribution in [1.29, 1.82) is 0 Å². The van der Waals surface area contributed by atoms with E-state index in [9.17, 15) is 9.59 Å². The van der Waals surface area contributed by atoms with Gasteiger partial charge in [-0.2, -0.15) is 0 Å². The first-order valence-corrected chi connectivity index (χ1v) is 5.38. The van der Waals surface area contributed by atoms with Crippen molar-refractivity contribution in [2.24, 2.45) is 0 Å². The van der Waals surface area contributed by atoms with Crippen LogP contribution < -0.4 is 5.32 Å². The molecule has 5 nitrogen and oxygen atoms in total. The van der Waals surface area contributed by atoms with E-state index in [0.717, 1.165) is 4.88 Å². The molecule has 86 valence electrons. The highest BCUT2D eigenvalue weighted by Gasteiger charge is 2.12. The summed E-state index contributed by atoms with van der Waals surface area (Å²) in [6.45, 7) is -0.303. The molecule has 0 aliphatic heterocycles. The minimum absolute atomic E-state index is 0.303. The average Bonchev–Trinajstić information content (AvgIpc) is 2.75. The van der Waals surface area contributed by atoms with Gasteiger partial charge in [-0.1, -0.05) is 6.07 Å². The van der Waals surface area contributed by atoms with Crippen LogP contribution in [0.25, 0.3) is 6.08 Å². The van der Waals surface area contributed by atoms with Gasteiger partial charge in [-0.05, 0) is 17.5 Å². The summed E-state index contributed by atoms with van der Waals surface area (Å²) in [7, 11) is 0. The zero-order valence-corrected chi connectivity index (χ0v) is 9.11. The Bertz CT molecular complexity index is 386. The molecule has 1 aromatic rings. The van der Waals surface area contributed by atoms with Crippen LogP contribution in [0, 0.1) is 0 Å². The summed E-state index contributed by atoms with van der Waals surface area (Å²) in [4.78, 5) is 22.3. The molecule has 0 radical (unpaired) electrons. The molecule has 0 aliphatic rings. The van der Waals surface area contributed by atoms with Gasteiger partial charge in [-0.15, -0.1) is 11.3 Å². The van der Waals surface area contributed by atoms with Crippen molar-refractivity contribution in [2.75, 3.05) is 6.54 Å². The van der Waals surface area contributed by atoms with Gasteiger partial charge in [0.2, 0.25) is 5.91 Å². The number of aliphatic carboxylic acids is 1. The lowest BCUT2D eigenvalue weighted by atomic mass is 10.3. The van der Waals surface area contributed by atoms with Crippen molar-refractivity contribution < 1.29 is 19.8 Å². The minimum Gasteiger partial charge on any atom is -0.479 e. The van der Waals surface area contributed by atoms with Crippen LogP contribution in [0.5, 0.6) is 0 Å². The van der Waals surface area contributed by atoms with Crippen LogP contribution in [0.2, 0.25) is 0 Å². The number of aliphatic hydroxyl groups excluding tert-OH is 1. The van der Waals surface area contributed by atoms with Crippen molar-refractivity contribution in [3.05, 3.63) is 28.5 Å². The largest absolute Gasteiger partial charge is 0.479 e. The fourth-order valence-electron chi connectivity index (χ4n) is 0.887. The lowest BCUT2D eigenvalue weighted by molar-refractivity contribution is -0.146. The maximum absolute atomic E-state index is 11.2. The summed E-state index contributed by atoms with van der Waals surface area (Å²) < 4.78 is 0. The number of carboxylic acids is 1. The third-order valence-electron chi connectivity index (χ3n) is 1.70. The predicted molar refractivity (Wildman–Crippen MR) is 60.0 cm³/mol. The van der Waals surface area contributed by atoms with E-state index >= 15 is 0 Å². The lowest BCUT2D eigenvalue weighted by Gasteiger charge is -2.04. The number of carbonyl (C=O) groups excluding carboxylic acids is 1. The number of rotatable bonds is 5. The first kappa shape index (κ1) is 12.4. The molecule has 1 rings (SSSR count). The van der Waals surface area contributed by atoms with Crippen LogP contribution in [0.1, 0.15) is 4.88 Å². The molecule has 1 unspecified atom stereocenters. The van der Waals surface area contributed by atoms with E-state index in [1.807, 2.05) is 17.5 Å². The van der Waals surface area contributed by atoms with Crippen LogP contribution in [0.4, 0.5) is 0 Å². The summed E-state index contributed by atoms with van der Waals surface area (Å²) >= 11 is 1.48. The fourth-order valence-corrected chi connectivity index (χ4v) is 1.51. The monoisotopic (exact) mass is 241 g/mol. The van der Waals surface area contributed by atoms with Gasteiger partial charge in [0.15, 0.2) is 6.10 Å². The van der Waals surface area contributed by atoms with E-state index in [-0.39, 0.29) is 6.54 Å². The van der Waals surface area contributed by atoms with Gasteiger partial charge >= 0.3 is 5.97 Å². The molecule has 0 aromatic carbocycles. The van der Waals surface area contributed by atoms with Crippen molar-refractivity contribution >= 4 is 29.3 Å². The Morgan fingerprint density at radius 3 is 2.88 bits per heavy atom. The third-order valence-corrected chi connectivity index (χ3v) is 2.53. The lowest BCUT2D eigenvalue weighted by Crippen LogP contribution is -2.35. The zero-order chi connectivity index (χ0) is 12.0. The summed E-state index contributed by atoms with van der Waals surface area (Å²) in [6, 6.07) is 3.71. The number of thiophene rings is 1. The van der Waals surface area contributed by atoms with Crippen molar-refractivity contribution in [3.63, 3.8) is 0 Å². The first-order valence-electron chi connectivity index (χ1n) is 4.50. The molecule has 1 heterocycles. The van der Waals surface area contributed by atoms with Crippen LogP contribution in [0.3, 0.4) is 0 Å². The quantitative estimate of drug-likeness (QED) is 0.648. The molecular formula is C10H11NO4S. The molecule has 1 atom stereocenters. The number of nitrogens with one attached hydrogen (secondary N) is 1. The highest BCUT2D eigenvalue weighted by molar-refractivity contribution is 7.10. The molecule has 0 saturated carbocycles. The Morgan fingerprint density at radius 1 is 1.56 bits per heavy atom. The number of amides is 1. The van der Waals surface area contributed by atoms with Gasteiger partial charge < -0.3 is 15.5 Å². The SMILES string of the molecule is O=C(C=Cc1cccs1)NCC(O)C(=O)O. The van der Waals surface area contributed by atoms with Gasteiger partial charge in [-0.25, -0.2) is 4.79 Å². The highest BCUT2D eigenvalue weighted by atomic mass is 32.1. The van der Waals surface area contributed by atoms with E-state index in [4.69, 9.17) is 10.2 Å². The summed E-state index contributed by atoms with van der Waals surface area (Å²) in [5, 5.41) is 21.4. The topological polar surface area (TPSA) is 86.6 Å². The van der Waals surface area contributed by atoms with E-state index in [1.165, 1.54) is 17.4 Å². The third kappa shape index (κ3) is 4.24. The maximum atomic E-state index is 11.2. The van der Waals surface area contributed by atoms with Gasteiger partial charge in [0.1, 0.15) is 0 Å². The average molecular weight is 241 g/mol. The fraction of sp³-hybridized carbons (Fsp3) is 0.200. The Balaban J connectivity index is 2.34. The van der Waals surface area contributed by atoms with Gasteiger partial charge in [-0.3, -0.25) is 4.79 Å². The summed E-state index contributed by atoms with van der Waals surface area (Å²) in [5.41, 5.74) is 0. The number of hydrogen-bond donors (Lipinski definition) is 3.